The van der Waals surface area contributed by atoms with Gasteiger partial charge in [0.2, 0.25) is 5.91 Å². The van der Waals surface area contributed by atoms with Gasteiger partial charge < -0.3 is 20.5 Å². The standard InChI is InChI=1S/C28H36N2O5/c1-18(13-14-24(31)32)15-16-29-26(33)25(28(2,3)4)30-27(34)35-17-23-21-11-7-5-9-19(21)20-10-6-8-12-22(20)23/h5-12,18,23,25H,13-17H2,1-4H3,(H,29,33)(H,30,34)(H,31,32)/t18?,25-/m1/s1. The molecule has 188 valence electrons. The van der Waals surface area contributed by atoms with Crippen LogP contribution in [-0.4, -0.2) is 42.3 Å². The summed E-state index contributed by atoms with van der Waals surface area (Å²) >= 11 is 0. The van der Waals surface area contributed by atoms with Gasteiger partial charge in [-0.1, -0.05) is 76.2 Å². The van der Waals surface area contributed by atoms with E-state index in [1.807, 2.05) is 52.0 Å². The largest absolute Gasteiger partial charge is 0.481 e. The predicted molar refractivity (Wildman–Crippen MR) is 135 cm³/mol. The Hall–Kier alpha value is -3.35. The summed E-state index contributed by atoms with van der Waals surface area (Å²) < 4.78 is 5.63. The molecule has 0 heterocycles. The van der Waals surface area contributed by atoms with Gasteiger partial charge >= 0.3 is 12.1 Å². The summed E-state index contributed by atoms with van der Waals surface area (Å²) in [7, 11) is 0. The second-order valence-electron chi connectivity index (χ2n) is 10.4. The fourth-order valence-corrected chi connectivity index (χ4v) is 4.49. The van der Waals surface area contributed by atoms with E-state index >= 15 is 0 Å². The van der Waals surface area contributed by atoms with Crippen molar-refractivity contribution < 1.29 is 24.2 Å². The molecule has 0 spiro atoms. The summed E-state index contributed by atoms with van der Waals surface area (Å²) in [6, 6.07) is 15.5. The van der Waals surface area contributed by atoms with Crippen molar-refractivity contribution in [2.75, 3.05) is 13.2 Å². The molecule has 2 aromatic rings. The molecular weight excluding hydrogens is 444 g/mol. The van der Waals surface area contributed by atoms with E-state index in [0.29, 0.717) is 19.4 Å². The number of hydrogen-bond acceptors (Lipinski definition) is 4. The molecule has 0 saturated heterocycles. The number of nitrogens with one attached hydrogen (secondary N) is 2. The van der Waals surface area contributed by atoms with Crippen LogP contribution in [0.25, 0.3) is 11.1 Å². The molecule has 1 aliphatic carbocycles. The molecule has 7 nitrogen and oxygen atoms in total. The Bertz CT molecular complexity index is 1010. The number of amides is 2. The van der Waals surface area contributed by atoms with Crippen molar-refractivity contribution in [2.24, 2.45) is 11.3 Å². The van der Waals surface area contributed by atoms with Crippen LogP contribution in [0.3, 0.4) is 0 Å². The van der Waals surface area contributed by atoms with Gasteiger partial charge in [-0.15, -0.1) is 0 Å². The lowest BCUT2D eigenvalue weighted by Gasteiger charge is -2.30. The molecule has 1 aliphatic rings. The minimum absolute atomic E-state index is 0.0534. The fraction of sp³-hybridized carbons (Fsp3) is 0.464. The van der Waals surface area contributed by atoms with Crippen LogP contribution in [0.15, 0.2) is 48.5 Å². The highest BCUT2D eigenvalue weighted by molar-refractivity contribution is 5.86. The van der Waals surface area contributed by atoms with Gasteiger partial charge in [-0.05, 0) is 46.4 Å². The van der Waals surface area contributed by atoms with Crippen LogP contribution in [0, 0.1) is 11.3 Å². The highest BCUT2D eigenvalue weighted by atomic mass is 16.5. The van der Waals surface area contributed by atoms with E-state index in [-0.39, 0.29) is 30.8 Å². The highest BCUT2D eigenvalue weighted by Crippen LogP contribution is 2.44. The molecule has 0 aromatic heterocycles. The Morgan fingerprint density at radius 1 is 0.971 bits per heavy atom. The number of carboxylic acid groups (broad SMARTS) is 1. The third-order valence-electron chi connectivity index (χ3n) is 6.52. The number of ether oxygens (including phenoxy) is 1. The van der Waals surface area contributed by atoms with E-state index in [0.717, 1.165) is 22.3 Å². The molecule has 0 radical (unpaired) electrons. The number of carbonyl (C=O) groups excluding carboxylic acids is 2. The highest BCUT2D eigenvalue weighted by Gasteiger charge is 2.34. The number of aliphatic carboxylic acids is 1. The van der Waals surface area contributed by atoms with Crippen molar-refractivity contribution >= 4 is 18.0 Å². The second kappa shape index (κ2) is 11.4. The quantitative estimate of drug-likeness (QED) is 0.446. The molecule has 1 unspecified atom stereocenters. The maximum absolute atomic E-state index is 12.9. The van der Waals surface area contributed by atoms with Crippen molar-refractivity contribution in [3.8, 4) is 11.1 Å². The molecule has 7 heteroatoms. The molecule has 0 aliphatic heterocycles. The molecule has 2 aromatic carbocycles. The normalized spacial score (nSPS) is 14.4. The maximum Gasteiger partial charge on any atom is 0.407 e. The van der Waals surface area contributed by atoms with Crippen LogP contribution in [0.1, 0.15) is 64.0 Å². The SMILES string of the molecule is CC(CCNC(=O)[C@@H](NC(=O)OCC1c2ccccc2-c2ccccc21)C(C)(C)C)CCC(=O)O. The van der Waals surface area contributed by atoms with Crippen molar-refractivity contribution in [1.82, 2.24) is 10.6 Å². The molecule has 35 heavy (non-hydrogen) atoms. The van der Waals surface area contributed by atoms with E-state index < -0.39 is 23.5 Å². The molecule has 0 fully saturated rings. The average Bonchev–Trinajstić information content (AvgIpc) is 3.13. The van der Waals surface area contributed by atoms with Crippen LogP contribution < -0.4 is 10.6 Å². The van der Waals surface area contributed by atoms with Crippen LogP contribution in [0.2, 0.25) is 0 Å². The lowest BCUT2D eigenvalue weighted by Crippen LogP contribution is -2.54. The molecule has 2 amide bonds. The van der Waals surface area contributed by atoms with E-state index in [1.54, 1.807) is 0 Å². The van der Waals surface area contributed by atoms with Crippen LogP contribution in [0.4, 0.5) is 4.79 Å². The zero-order valence-electron chi connectivity index (χ0n) is 21.0. The monoisotopic (exact) mass is 480 g/mol. The summed E-state index contributed by atoms with van der Waals surface area (Å²) in [6.07, 6.45) is 0.715. The number of carboxylic acids is 1. The van der Waals surface area contributed by atoms with Crippen molar-refractivity contribution in [3.63, 3.8) is 0 Å². The number of benzene rings is 2. The van der Waals surface area contributed by atoms with Crippen LogP contribution in [-0.2, 0) is 14.3 Å². The maximum atomic E-state index is 12.9. The molecule has 2 atom stereocenters. The zero-order chi connectivity index (χ0) is 25.6. The third-order valence-corrected chi connectivity index (χ3v) is 6.52. The number of hydrogen-bond donors (Lipinski definition) is 3. The number of fused-ring (bicyclic) bond motifs is 3. The van der Waals surface area contributed by atoms with Gasteiger partial charge in [0.15, 0.2) is 0 Å². The molecule has 0 saturated carbocycles. The van der Waals surface area contributed by atoms with Gasteiger partial charge in [-0.3, -0.25) is 9.59 Å². The molecular formula is C28H36N2O5. The minimum atomic E-state index is -0.819. The smallest absolute Gasteiger partial charge is 0.407 e. The number of rotatable bonds is 10. The Morgan fingerprint density at radius 2 is 1.54 bits per heavy atom. The van der Waals surface area contributed by atoms with E-state index in [1.165, 1.54) is 0 Å². The minimum Gasteiger partial charge on any atom is -0.481 e. The van der Waals surface area contributed by atoms with Gasteiger partial charge in [-0.2, -0.15) is 0 Å². The molecule has 0 bridgehead atoms. The van der Waals surface area contributed by atoms with Crippen LogP contribution >= 0.6 is 0 Å². The zero-order valence-corrected chi connectivity index (χ0v) is 21.0. The predicted octanol–water partition coefficient (Wildman–Crippen LogP) is 4.95. The fourth-order valence-electron chi connectivity index (χ4n) is 4.49. The Labute approximate surface area is 207 Å². The van der Waals surface area contributed by atoms with Crippen molar-refractivity contribution in [1.29, 1.82) is 0 Å². The lowest BCUT2D eigenvalue weighted by molar-refractivity contribution is -0.137. The number of carbonyl (C=O) groups is 3. The Balaban J connectivity index is 1.57. The third kappa shape index (κ3) is 6.84. The first-order valence-corrected chi connectivity index (χ1v) is 12.2. The summed E-state index contributed by atoms with van der Waals surface area (Å²) in [6.45, 7) is 8.21. The summed E-state index contributed by atoms with van der Waals surface area (Å²) in [5.41, 5.74) is 4.04. The number of alkyl carbamates (subject to hydrolysis) is 1. The first-order valence-electron chi connectivity index (χ1n) is 12.2. The molecule has 3 N–H and O–H groups in total. The summed E-state index contributed by atoms with van der Waals surface area (Å²) in [5, 5.41) is 14.4. The lowest BCUT2D eigenvalue weighted by atomic mass is 9.86. The Morgan fingerprint density at radius 3 is 2.09 bits per heavy atom. The van der Waals surface area contributed by atoms with E-state index in [2.05, 4.69) is 34.9 Å². The second-order valence-corrected chi connectivity index (χ2v) is 10.4. The first kappa shape index (κ1) is 26.3. The van der Waals surface area contributed by atoms with E-state index in [4.69, 9.17) is 9.84 Å². The van der Waals surface area contributed by atoms with Gasteiger partial charge in [0.25, 0.3) is 0 Å². The van der Waals surface area contributed by atoms with Gasteiger partial charge in [-0.25, -0.2) is 4.79 Å². The van der Waals surface area contributed by atoms with Gasteiger partial charge in [0.1, 0.15) is 12.6 Å². The summed E-state index contributed by atoms with van der Waals surface area (Å²) in [4.78, 5) is 36.4. The topological polar surface area (TPSA) is 105 Å². The van der Waals surface area contributed by atoms with Gasteiger partial charge in [0, 0.05) is 18.9 Å². The Kier molecular flexibility index (Phi) is 8.54. The summed E-state index contributed by atoms with van der Waals surface area (Å²) in [5.74, 6) is -0.977. The van der Waals surface area contributed by atoms with Crippen molar-refractivity contribution in [2.45, 2.75) is 58.9 Å². The van der Waals surface area contributed by atoms with Crippen LogP contribution in [0.5, 0.6) is 0 Å². The van der Waals surface area contributed by atoms with Gasteiger partial charge in [0.05, 0.1) is 0 Å². The molecule has 3 rings (SSSR count). The van der Waals surface area contributed by atoms with E-state index in [9.17, 15) is 14.4 Å². The average molecular weight is 481 g/mol. The van der Waals surface area contributed by atoms with Crippen molar-refractivity contribution in [3.05, 3.63) is 59.7 Å². The first-order chi connectivity index (χ1) is 16.6.